The van der Waals surface area contributed by atoms with Gasteiger partial charge in [0.15, 0.2) is 0 Å². The maximum absolute atomic E-state index is 10.5. The van der Waals surface area contributed by atoms with E-state index in [-0.39, 0.29) is 12.5 Å². The molecule has 1 aromatic rings. The van der Waals surface area contributed by atoms with Crippen molar-refractivity contribution in [3.05, 3.63) is 28.8 Å². The lowest BCUT2D eigenvalue weighted by molar-refractivity contribution is -0.118. The largest absolute Gasteiger partial charge is 0.491 e. The summed E-state index contributed by atoms with van der Waals surface area (Å²) in [5.74, 6) is 0.416. The van der Waals surface area contributed by atoms with Gasteiger partial charge in [-0.15, -0.1) is 0 Å². The molecule has 0 saturated heterocycles. The summed E-state index contributed by atoms with van der Waals surface area (Å²) in [6.45, 7) is 3.31. The molecule has 1 rings (SSSR count). The lowest BCUT2D eigenvalue weighted by Gasteiger charge is -2.13. The van der Waals surface area contributed by atoms with Crippen LogP contribution in [0.25, 0.3) is 0 Å². The van der Waals surface area contributed by atoms with E-state index in [0.29, 0.717) is 23.7 Å². The van der Waals surface area contributed by atoms with Crippen LogP contribution in [0, 0.1) is 6.92 Å². The molecule has 6 heteroatoms. The fourth-order valence-electron chi connectivity index (χ4n) is 1.78. The summed E-state index contributed by atoms with van der Waals surface area (Å²) in [4.78, 5) is 10.5. The van der Waals surface area contributed by atoms with Crippen LogP contribution in [0.2, 0.25) is 5.02 Å². The van der Waals surface area contributed by atoms with Crippen molar-refractivity contribution in [2.24, 2.45) is 5.73 Å². The van der Waals surface area contributed by atoms with Crippen LogP contribution in [-0.4, -0.2) is 36.8 Å². The van der Waals surface area contributed by atoms with Gasteiger partial charge < -0.3 is 20.9 Å². The Bertz CT molecular complexity index is 455. The Labute approximate surface area is 130 Å². The van der Waals surface area contributed by atoms with Crippen molar-refractivity contribution in [1.82, 2.24) is 5.32 Å². The molecule has 1 unspecified atom stereocenters. The van der Waals surface area contributed by atoms with E-state index in [1.54, 1.807) is 12.1 Å². The Hall–Kier alpha value is -1.30. The van der Waals surface area contributed by atoms with Gasteiger partial charge in [-0.2, -0.15) is 0 Å². The highest BCUT2D eigenvalue weighted by Gasteiger charge is 2.06. The minimum Gasteiger partial charge on any atom is -0.491 e. The third-order valence-corrected chi connectivity index (χ3v) is 3.40. The Morgan fingerprint density at radius 1 is 1.48 bits per heavy atom. The van der Waals surface area contributed by atoms with E-state index in [0.717, 1.165) is 24.9 Å². The first kappa shape index (κ1) is 17.8. The summed E-state index contributed by atoms with van der Waals surface area (Å²) in [5.41, 5.74) is 5.99. The number of aliphatic hydroxyl groups excluding tert-OH is 1. The van der Waals surface area contributed by atoms with Crippen LogP contribution in [0.5, 0.6) is 5.75 Å². The third-order valence-electron chi connectivity index (χ3n) is 2.98. The maximum Gasteiger partial charge on any atom is 0.217 e. The summed E-state index contributed by atoms with van der Waals surface area (Å²) in [5, 5.41) is 13.6. The molecule has 1 atom stereocenters. The summed E-state index contributed by atoms with van der Waals surface area (Å²) < 4.78 is 5.50. The molecule has 0 aliphatic carbocycles. The summed E-state index contributed by atoms with van der Waals surface area (Å²) in [7, 11) is 0. The lowest BCUT2D eigenvalue weighted by Crippen LogP contribution is -2.32. The minimum absolute atomic E-state index is 0.218. The first-order chi connectivity index (χ1) is 9.99. The summed E-state index contributed by atoms with van der Waals surface area (Å²) >= 11 is 5.93. The molecule has 118 valence electrons. The zero-order valence-electron chi connectivity index (χ0n) is 12.3. The molecule has 5 nitrogen and oxygen atoms in total. The van der Waals surface area contributed by atoms with Crippen molar-refractivity contribution < 1.29 is 14.6 Å². The number of carbonyl (C=O) groups excluding carboxylic acids is 1. The molecule has 0 saturated carbocycles. The SMILES string of the molecule is Cc1cc(OCC(O)CNCCCCC(N)=O)ccc1Cl. The van der Waals surface area contributed by atoms with Gasteiger partial charge in [-0.25, -0.2) is 0 Å². The van der Waals surface area contributed by atoms with Crippen LogP contribution < -0.4 is 15.8 Å². The number of hydrogen-bond acceptors (Lipinski definition) is 4. The van der Waals surface area contributed by atoms with Crippen molar-refractivity contribution in [3.63, 3.8) is 0 Å². The lowest BCUT2D eigenvalue weighted by atomic mass is 10.2. The quantitative estimate of drug-likeness (QED) is 0.573. The van der Waals surface area contributed by atoms with Gasteiger partial charge in [0.05, 0.1) is 0 Å². The van der Waals surface area contributed by atoms with E-state index < -0.39 is 6.10 Å². The maximum atomic E-state index is 10.5. The van der Waals surface area contributed by atoms with Crippen molar-refractivity contribution >= 4 is 17.5 Å². The van der Waals surface area contributed by atoms with Crippen LogP contribution >= 0.6 is 11.6 Å². The van der Waals surface area contributed by atoms with Crippen LogP contribution in [0.1, 0.15) is 24.8 Å². The monoisotopic (exact) mass is 314 g/mol. The Balaban J connectivity index is 2.12. The van der Waals surface area contributed by atoms with E-state index in [4.69, 9.17) is 22.1 Å². The zero-order valence-corrected chi connectivity index (χ0v) is 13.0. The molecular formula is C15H23ClN2O3. The normalized spacial score (nSPS) is 12.1. The predicted molar refractivity (Wildman–Crippen MR) is 83.6 cm³/mol. The van der Waals surface area contributed by atoms with E-state index >= 15 is 0 Å². The van der Waals surface area contributed by atoms with Gasteiger partial charge in [0, 0.05) is 18.0 Å². The van der Waals surface area contributed by atoms with Crippen LogP contribution in [0.4, 0.5) is 0 Å². The molecule has 0 aliphatic heterocycles. The molecule has 1 amide bonds. The number of halogens is 1. The standard InChI is InChI=1S/C15H23ClN2O3/c1-11-8-13(5-6-14(11)16)21-10-12(19)9-18-7-3-2-4-15(17)20/h5-6,8,12,18-19H,2-4,7,9-10H2,1H3,(H2,17,20). The highest BCUT2D eigenvalue weighted by atomic mass is 35.5. The summed E-state index contributed by atoms with van der Waals surface area (Å²) in [6, 6.07) is 5.39. The Morgan fingerprint density at radius 3 is 2.90 bits per heavy atom. The van der Waals surface area contributed by atoms with Crippen LogP contribution in [-0.2, 0) is 4.79 Å². The molecule has 1 aromatic carbocycles. The number of unbranched alkanes of at least 4 members (excludes halogenated alkanes) is 1. The molecule has 0 radical (unpaired) electrons. The van der Waals surface area contributed by atoms with E-state index in [2.05, 4.69) is 5.32 Å². The van der Waals surface area contributed by atoms with Gasteiger partial charge in [0.2, 0.25) is 5.91 Å². The average Bonchev–Trinajstić information content (AvgIpc) is 2.43. The number of amides is 1. The third kappa shape index (κ3) is 7.90. The first-order valence-corrected chi connectivity index (χ1v) is 7.43. The number of rotatable bonds is 10. The van der Waals surface area contributed by atoms with Gasteiger partial charge in [-0.1, -0.05) is 11.6 Å². The minimum atomic E-state index is -0.586. The van der Waals surface area contributed by atoms with Gasteiger partial charge in [0.1, 0.15) is 18.5 Å². The second-order valence-electron chi connectivity index (χ2n) is 5.00. The van der Waals surface area contributed by atoms with Crippen molar-refractivity contribution in [1.29, 1.82) is 0 Å². The van der Waals surface area contributed by atoms with Crippen molar-refractivity contribution in [2.45, 2.75) is 32.3 Å². The number of aliphatic hydroxyl groups is 1. The van der Waals surface area contributed by atoms with Gasteiger partial charge in [-0.05, 0) is 50.1 Å². The Kier molecular flexibility index (Phi) is 8.12. The molecule has 0 bridgehead atoms. The number of hydrogen-bond donors (Lipinski definition) is 3. The number of benzene rings is 1. The number of nitrogens with one attached hydrogen (secondary N) is 1. The zero-order chi connectivity index (χ0) is 15.7. The van der Waals surface area contributed by atoms with Crippen LogP contribution in [0.3, 0.4) is 0 Å². The summed E-state index contributed by atoms with van der Waals surface area (Å²) in [6.07, 6.45) is 1.44. The molecule has 0 aliphatic rings. The van der Waals surface area contributed by atoms with Gasteiger partial charge >= 0.3 is 0 Å². The van der Waals surface area contributed by atoms with Crippen molar-refractivity contribution in [3.8, 4) is 5.75 Å². The molecule has 0 spiro atoms. The Morgan fingerprint density at radius 2 is 2.24 bits per heavy atom. The number of ether oxygens (including phenoxy) is 1. The molecular weight excluding hydrogens is 292 g/mol. The molecule has 0 heterocycles. The fourth-order valence-corrected chi connectivity index (χ4v) is 1.89. The smallest absolute Gasteiger partial charge is 0.217 e. The van der Waals surface area contributed by atoms with Gasteiger partial charge in [-0.3, -0.25) is 4.79 Å². The first-order valence-electron chi connectivity index (χ1n) is 7.05. The fraction of sp³-hybridized carbons (Fsp3) is 0.533. The number of primary amides is 1. The second-order valence-corrected chi connectivity index (χ2v) is 5.41. The predicted octanol–water partition coefficient (Wildman–Crippen LogP) is 1.63. The van der Waals surface area contributed by atoms with E-state index in [1.807, 2.05) is 13.0 Å². The molecule has 0 fully saturated rings. The highest BCUT2D eigenvalue weighted by Crippen LogP contribution is 2.20. The van der Waals surface area contributed by atoms with E-state index in [9.17, 15) is 9.90 Å². The van der Waals surface area contributed by atoms with Crippen molar-refractivity contribution in [2.75, 3.05) is 19.7 Å². The molecule has 4 N–H and O–H groups in total. The van der Waals surface area contributed by atoms with Gasteiger partial charge in [0.25, 0.3) is 0 Å². The van der Waals surface area contributed by atoms with E-state index in [1.165, 1.54) is 0 Å². The number of nitrogens with two attached hydrogens (primary N) is 1. The topological polar surface area (TPSA) is 84.6 Å². The van der Waals surface area contributed by atoms with Crippen LogP contribution in [0.15, 0.2) is 18.2 Å². The number of aryl methyl sites for hydroxylation is 1. The molecule has 21 heavy (non-hydrogen) atoms. The number of carbonyl (C=O) groups is 1. The average molecular weight is 315 g/mol. The molecule has 0 aromatic heterocycles. The second kappa shape index (κ2) is 9.60. The highest BCUT2D eigenvalue weighted by molar-refractivity contribution is 6.31.